The number of aromatic nitrogens is 2. The summed E-state index contributed by atoms with van der Waals surface area (Å²) in [4.78, 5) is 24.5. The molecule has 9 heteroatoms. The summed E-state index contributed by atoms with van der Waals surface area (Å²) in [5, 5.41) is 15.9. The van der Waals surface area contributed by atoms with Crippen LogP contribution in [-0.4, -0.2) is 77.6 Å². The summed E-state index contributed by atoms with van der Waals surface area (Å²) >= 11 is 0. The summed E-state index contributed by atoms with van der Waals surface area (Å²) in [7, 11) is 0. The highest BCUT2D eigenvalue weighted by atomic mass is 16.5. The van der Waals surface area contributed by atoms with Crippen molar-refractivity contribution in [1.82, 2.24) is 9.97 Å². The van der Waals surface area contributed by atoms with Crippen LogP contribution in [0.5, 0.6) is 0 Å². The molecule has 194 valence electrons. The third kappa shape index (κ3) is 5.58. The quantitative estimate of drug-likeness (QED) is 0.415. The van der Waals surface area contributed by atoms with Crippen molar-refractivity contribution in [3.8, 4) is 11.3 Å². The monoisotopic (exact) mass is 503 g/mol. The number of aliphatic hydroxyl groups is 1. The minimum absolute atomic E-state index is 0.00119. The summed E-state index contributed by atoms with van der Waals surface area (Å²) in [6, 6.07) is 18.0. The molecule has 5 rings (SSSR count). The number of hydrogen-bond donors (Lipinski definition) is 3. The zero-order valence-electron chi connectivity index (χ0n) is 21.3. The molecule has 3 aromatic rings. The van der Waals surface area contributed by atoms with Crippen molar-refractivity contribution in [2.24, 2.45) is 0 Å². The van der Waals surface area contributed by atoms with E-state index in [0.29, 0.717) is 12.5 Å². The number of likely N-dealkylation sites (tertiary alicyclic amines) is 1. The normalized spacial score (nSPS) is 21.6. The van der Waals surface area contributed by atoms with Gasteiger partial charge in [0.2, 0.25) is 5.95 Å². The van der Waals surface area contributed by atoms with Crippen LogP contribution in [0.4, 0.5) is 27.8 Å². The molecule has 2 aromatic carbocycles. The number of nitrogens with zero attached hydrogens (tertiary/aromatic N) is 4. The number of carbonyl (C=O) groups excluding carboxylic acids is 1. The third-order valence-electron chi connectivity index (χ3n) is 7.51. The Morgan fingerprint density at radius 1 is 1.08 bits per heavy atom. The van der Waals surface area contributed by atoms with Crippen LogP contribution in [-0.2, 0) is 4.74 Å². The standard InChI is InChI=1S/C28H34N6O3/c1-21-3-2-16-34(21,17-18-35)28(36)31-24-6-4-22(5-7-24)26-12-13-29-27(32-26)30-23-8-10-25(11-9-23)33-14-19-37-20-15-33/h4-13,21,35H,2-3,14-20H2,1H3,(H-,29,30,31,32,36)/p+1/t21-,34?/m1/s1. The maximum atomic E-state index is 13.1. The lowest BCUT2D eigenvalue weighted by Crippen LogP contribution is -2.58. The number of benzene rings is 2. The Labute approximate surface area is 217 Å². The average Bonchev–Trinajstić information content (AvgIpc) is 3.31. The average molecular weight is 504 g/mol. The molecule has 9 nitrogen and oxygen atoms in total. The van der Waals surface area contributed by atoms with Crippen LogP contribution in [0.2, 0.25) is 0 Å². The Kier molecular flexibility index (Phi) is 7.64. The van der Waals surface area contributed by atoms with Crippen molar-refractivity contribution in [3.05, 3.63) is 60.8 Å². The smallest absolute Gasteiger partial charge is 0.390 e. The Morgan fingerprint density at radius 3 is 2.49 bits per heavy atom. The van der Waals surface area contributed by atoms with Gasteiger partial charge in [0.1, 0.15) is 6.54 Å². The molecule has 1 aromatic heterocycles. The highest BCUT2D eigenvalue weighted by Crippen LogP contribution is 2.29. The summed E-state index contributed by atoms with van der Waals surface area (Å²) < 4.78 is 5.72. The van der Waals surface area contributed by atoms with E-state index < -0.39 is 0 Å². The molecule has 0 aliphatic carbocycles. The molecule has 0 spiro atoms. The van der Waals surface area contributed by atoms with Gasteiger partial charge in [0.15, 0.2) is 0 Å². The van der Waals surface area contributed by atoms with Gasteiger partial charge in [-0.25, -0.2) is 19.2 Å². The second-order valence-electron chi connectivity index (χ2n) is 9.74. The molecule has 2 amide bonds. The first kappa shape index (κ1) is 25.1. The maximum Gasteiger partial charge on any atom is 0.421 e. The Morgan fingerprint density at radius 2 is 1.81 bits per heavy atom. The van der Waals surface area contributed by atoms with Gasteiger partial charge < -0.3 is 20.1 Å². The zero-order chi connectivity index (χ0) is 25.7. The van der Waals surface area contributed by atoms with E-state index >= 15 is 0 Å². The number of amides is 2. The topological polar surface area (TPSA) is 99.6 Å². The number of ether oxygens (including phenoxy) is 1. The van der Waals surface area contributed by atoms with Crippen LogP contribution >= 0.6 is 0 Å². The molecule has 3 N–H and O–H groups in total. The Bertz CT molecular complexity index is 1200. The Hall–Kier alpha value is -3.53. The number of hydrogen-bond acceptors (Lipinski definition) is 7. The van der Waals surface area contributed by atoms with Crippen LogP contribution in [0.25, 0.3) is 11.3 Å². The fourth-order valence-electron chi connectivity index (χ4n) is 5.30. The van der Waals surface area contributed by atoms with Gasteiger partial charge in [-0.05, 0) is 49.4 Å². The molecule has 2 aliphatic rings. The molecular weight excluding hydrogens is 468 g/mol. The first-order valence-electron chi connectivity index (χ1n) is 13.0. The highest BCUT2D eigenvalue weighted by molar-refractivity contribution is 5.85. The van der Waals surface area contributed by atoms with Gasteiger partial charge in [-0.1, -0.05) is 12.1 Å². The van der Waals surface area contributed by atoms with E-state index in [9.17, 15) is 9.90 Å². The minimum Gasteiger partial charge on any atom is -0.390 e. The van der Waals surface area contributed by atoms with Gasteiger partial charge in [0.25, 0.3) is 0 Å². The Balaban J connectivity index is 1.24. The molecule has 0 bridgehead atoms. The number of morpholine rings is 1. The van der Waals surface area contributed by atoms with Gasteiger partial charge in [0, 0.05) is 54.8 Å². The van der Waals surface area contributed by atoms with Crippen molar-refractivity contribution in [1.29, 1.82) is 0 Å². The van der Waals surface area contributed by atoms with Crippen LogP contribution in [0.3, 0.4) is 0 Å². The first-order valence-corrected chi connectivity index (χ1v) is 13.0. The van der Waals surface area contributed by atoms with E-state index in [1.807, 2.05) is 42.5 Å². The van der Waals surface area contributed by atoms with Crippen LogP contribution in [0, 0.1) is 0 Å². The number of rotatable bonds is 7. The van der Waals surface area contributed by atoms with Gasteiger partial charge in [-0.3, -0.25) is 5.32 Å². The minimum atomic E-state index is -0.0556. The van der Waals surface area contributed by atoms with Gasteiger partial charge in [-0.15, -0.1) is 0 Å². The predicted octanol–water partition coefficient (Wildman–Crippen LogP) is 4.25. The molecule has 2 saturated heterocycles. The molecule has 2 atom stereocenters. The highest BCUT2D eigenvalue weighted by Gasteiger charge is 2.45. The van der Waals surface area contributed by atoms with Crippen molar-refractivity contribution >= 4 is 29.0 Å². The lowest BCUT2D eigenvalue weighted by molar-refractivity contribution is -0.858. The van der Waals surface area contributed by atoms with E-state index in [0.717, 1.165) is 68.3 Å². The lowest BCUT2D eigenvalue weighted by Gasteiger charge is -2.34. The number of aliphatic hydroxyl groups excluding tert-OH is 1. The molecule has 2 fully saturated rings. The van der Waals surface area contributed by atoms with Crippen LogP contribution in [0.1, 0.15) is 19.8 Å². The summed E-state index contributed by atoms with van der Waals surface area (Å²) in [5.74, 6) is 0.521. The zero-order valence-corrected chi connectivity index (χ0v) is 21.3. The van der Waals surface area contributed by atoms with Crippen molar-refractivity contribution < 1.29 is 19.1 Å². The van der Waals surface area contributed by atoms with Gasteiger partial charge >= 0.3 is 6.03 Å². The molecule has 0 saturated carbocycles. The number of carbonyl (C=O) groups is 1. The van der Waals surface area contributed by atoms with E-state index in [-0.39, 0.29) is 23.2 Å². The molecular formula is C28H35N6O3+. The summed E-state index contributed by atoms with van der Waals surface area (Å²) in [6.45, 7) is 6.62. The fourth-order valence-corrected chi connectivity index (χ4v) is 5.30. The van der Waals surface area contributed by atoms with Crippen LogP contribution < -0.4 is 15.5 Å². The fraction of sp³-hybridized carbons (Fsp3) is 0.393. The third-order valence-corrected chi connectivity index (χ3v) is 7.51. The number of nitrogens with one attached hydrogen (secondary N) is 2. The molecule has 2 aliphatic heterocycles. The molecule has 37 heavy (non-hydrogen) atoms. The van der Waals surface area contributed by atoms with Crippen molar-refractivity contribution in [2.75, 3.05) is 61.5 Å². The van der Waals surface area contributed by atoms with E-state index in [1.54, 1.807) is 6.20 Å². The SMILES string of the molecule is C[C@@H]1CCC[N+]1(CCO)C(=O)Nc1ccc(-c2ccnc(Nc3ccc(N4CCOCC4)cc3)n2)cc1. The number of quaternary nitrogens is 1. The van der Waals surface area contributed by atoms with Crippen LogP contribution in [0.15, 0.2) is 60.8 Å². The second-order valence-corrected chi connectivity index (χ2v) is 9.74. The van der Waals surface area contributed by atoms with Gasteiger partial charge in [-0.2, -0.15) is 0 Å². The van der Waals surface area contributed by atoms with E-state index in [1.165, 1.54) is 5.69 Å². The molecule has 0 radical (unpaired) electrons. The second kappa shape index (κ2) is 11.2. The number of urea groups is 1. The van der Waals surface area contributed by atoms with Crippen molar-refractivity contribution in [2.45, 2.75) is 25.8 Å². The van der Waals surface area contributed by atoms with Crippen molar-refractivity contribution in [3.63, 3.8) is 0 Å². The summed E-state index contributed by atoms with van der Waals surface area (Å²) in [6.07, 6.45) is 3.73. The van der Waals surface area contributed by atoms with E-state index in [2.05, 4.69) is 44.6 Å². The predicted molar refractivity (Wildman–Crippen MR) is 145 cm³/mol. The molecule has 1 unspecified atom stereocenters. The largest absolute Gasteiger partial charge is 0.421 e. The first-order chi connectivity index (χ1) is 18.1. The molecule has 3 heterocycles. The summed E-state index contributed by atoms with van der Waals surface area (Å²) in [5.41, 5.74) is 4.55. The van der Waals surface area contributed by atoms with Gasteiger partial charge in [0.05, 0.1) is 38.1 Å². The lowest BCUT2D eigenvalue weighted by atomic mass is 10.1. The number of anilines is 4. The maximum absolute atomic E-state index is 13.1. The van der Waals surface area contributed by atoms with E-state index in [4.69, 9.17) is 4.74 Å².